The molecule has 0 spiro atoms. The Kier molecular flexibility index (Phi) is 1.64. The van der Waals surface area contributed by atoms with Crippen LogP contribution in [0, 0.1) is 0 Å². The molecule has 3 aromatic rings. The SMILES string of the molecule is c1ccc(-c2cc3cnsc3o2)cc1. The van der Waals surface area contributed by atoms with Gasteiger partial charge in [0.05, 0.1) is 11.6 Å². The van der Waals surface area contributed by atoms with Gasteiger partial charge in [-0.25, -0.2) is 0 Å². The Bertz CT molecular complexity index is 524. The summed E-state index contributed by atoms with van der Waals surface area (Å²) >= 11 is 1.39. The van der Waals surface area contributed by atoms with Crippen molar-refractivity contribution >= 4 is 21.8 Å². The largest absolute Gasteiger partial charge is 0.444 e. The third-order valence-electron chi connectivity index (χ3n) is 2.11. The fourth-order valence-electron chi connectivity index (χ4n) is 1.43. The first-order valence-corrected chi connectivity index (χ1v) is 5.10. The van der Waals surface area contributed by atoms with Crippen LogP contribution in [0.1, 0.15) is 0 Å². The van der Waals surface area contributed by atoms with E-state index in [-0.39, 0.29) is 0 Å². The highest BCUT2D eigenvalue weighted by atomic mass is 32.1. The average Bonchev–Trinajstić information content (AvgIpc) is 2.78. The van der Waals surface area contributed by atoms with Gasteiger partial charge in [-0.3, -0.25) is 0 Å². The summed E-state index contributed by atoms with van der Waals surface area (Å²) in [5, 5.41) is 1.08. The Balaban J connectivity index is 2.19. The van der Waals surface area contributed by atoms with E-state index >= 15 is 0 Å². The molecule has 3 heteroatoms. The van der Waals surface area contributed by atoms with Gasteiger partial charge in [0.2, 0.25) is 4.90 Å². The molecule has 0 amide bonds. The Morgan fingerprint density at radius 3 is 2.79 bits per heavy atom. The van der Waals surface area contributed by atoms with Crippen LogP contribution < -0.4 is 0 Å². The van der Waals surface area contributed by atoms with Crippen molar-refractivity contribution in [1.82, 2.24) is 4.37 Å². The Morgan fingerprint density at radius 1 is 1.14 bits per heavy atom. The van der Waals surface area contributed by atoms with Gasteiger partial charge in [-0.1, -0.05) is 30.3 Å². The number of nitrogens with zero attached hydrogens (tertiary/aromatic N) is 1. The molecule has 0 saturated carbocycles. The van der Waals surface area contributed by atoms with Crippen LogP contribution in [0.15, 0.2) is 47.0 Å². The van der Waals surface area contributed by atoms with Crippen molar-refractivity contribution < 1.29 is 4.42 Å². The number of aromatic nitrogens is 1. The molecular weight excluding hydrogens is 194 g/mol. The third-order valence-corrected chi connectivity index (χ3v) is 2.81. The van der Waals surface area contributed by atoms with Gasteiger partial charge >= 0.3 is 0 Å². The van der Waals surface area contributed by atoms with E-state index in [4.69, 9.17) is 4.42 Å². The second kappa shape index (κ2) is 2.96. The minimum atomic E-state index is 0.892. The van der Waals surface area contributed by atoms with Crippen molar-refractivity contribution in [2.45, 2.75) is 0 Å². The summed E-state index contributed by atoms with van der Waals surface area (Å²) in [4.78, 5) is 0.892. The molecule has 0 bridgehead atoms. The van der Waals surface area contributed by atoms with Crippen LogP contribution in [-0.4, -0.2) is 4.37 Å². The molecule has 2 heterocycles. The number of rotatable bonds is 1. The molecule has 0 unspecified atom stereocenters. The fraction of sp³-hybridized carbons (Fsp3) is 0. The molecule has 3 rings (SSSR count). The number of benzene rings is 1. The van der Waals surface area contributed by atoms with Crippen LogP contribution in [0.25, 0.3) is 21.6 Å². The first-order chi connectivity index (χ1) is 6.93. The van der Waals surface area contributed by atoms with Crippen LogP contribution in [0.2, 0.25) is 0 Å². The van der Waals surface area contributed by atoms with E-state index in [1.807, 2.05) is 42.6 Å². The third kappa shape index (κ3) is 1.14. The Morgan fingerprint density at radius 2 is 2.00 bits per heavy atom. The van der Waals surface area contributed by atoms with Crippen molar-refractivity contribution in [2.24, 2.45) is 0 Å². The summed E-state index contributed by atoms with van der Waals surface area (Å²) in [6.07, 6.45) is 1.83. The number of fused-ring (bicyclic) bond motifs is 1. The molecule has 0 aliphatic rings. The minimum absolute atomic E-state index is 0.892. The molecule has 68 valence electrons. The van der Waals surface area contributed by atoms with Gasteiger partial charge in [-0.05, 0) is 6.07 Å². The molecule has 0 radical (unpaired) electrons. The van der Waals surface area contributed by atoms with E-state index in [9.17, 15) is 0 Å². The van der Waals surface area contributed by atoms with Crippen LogP contribution in [-0.2, 0) is 0 Å². The molecule has 0 saturated heterocycles. The normalized spacial score (nSPS) is 10.9. The van der Waals surface area contributed by atoms with Crippen LogP contribution in [0.4, 0.5) is 0 Å². The van der Waals surface area contributed by atoms with Gasteiger partial charge in [0.25, 0.3) is 0 Å². The molecule has 0 aliphatic heterocycles. The highest BCUT2D eigenvalue weighted by Crippen LogP contribution is 2.29. The average molecular weight is 201 g/mol. The number of furan rings is 1. The first-order valence-electron chi connectivity index (χ1n) is 4.33. The summed E-state index contributed by atoms with van der Waals surface area (Å²) in [6, 6.07) is 12.1. The summed E-state index contributed by atoms with van der Waals surface area (Å²) in [5.74, 6) is 0.911. The number of hydrogen-bond acceptors (Lipinski definition) is 3. The van der Waals surface area contributed by atoms with Gasteiger partial charge in [-0.15, -0.1) is 0 Å². The second-order valence-corrected chi connectivity index (χ2v) is 3.81. The van der Waals surface area contributed by atoms with Gasteiger partial charge < -0.3 is 4.42 Å². The van der Waals surface area contributed by atoms with Gasteiger partial charge in [0.15, 0.2) is 0 Å². The minimum Gasteiger partial charge on any atom is -0.444 e. The van der Waals surface area contributed by atoms with E-state index in [2.05, 4.69) is 4.37 Å². The molecule has 2 aromatic heterocycles. The van der Waals surface area contributed by atoms with E-state index in [0.717, 1.165) is 21.6 Å². The topological polar surface area (TPSA) is 26.0 Å². The first kappa shape index (κ1) is 7.76. The predicted octanol–water partition coefficient (Wildman–Crippen LogP) is 3.56. The van der Waals surface area contributed by atoms with E-state index in [0.29, 0.717) is 0 Å². The molecule has 0 aliphatic carbocycles. The monoisotopic (exact) mass is 201 g/mol. The van der Waals surface area contributed by atoms with Gasteiger partial charge in [-0.2, -0.15) is 4.37 Å². The zero-order valence-electron chi connectivity index (χ0n) is 7.31. The van der Waals surface area contributed by atoms with Crippen molar-refractivity contribution in [2.75, 3.05) is 0 Å². The van der Waals surface area contributed by atoms with Gasteiger partial charge in [0, 0.05) is 17.1 Å². The highest BCUT2D eigenvalue weighted by molar-refractivity contribution is 7.12. The Hall–Kier alpha value is -1.61. The summed E-state index contributed by atoms with van der Waals surface area (Å²) < 4.78 is 9.69. The standard InChI is InChI=1S/C11H7NOS/c1-2-4-8(5-3-1)10-6-9-7-12-14-11(9)13-10/h1-7H. The maximum absolute atomic E-state index is 5.65. The zero-order valence-corrected chi connectivity index (χ0v) is 8.12. The Labute approximate surface area is 85.0 Å². The second-order valence-electron chi connectivity index (χ2n) is 3.05. The maximum Gasteiger partial charge on any atom is 0.207 e. The van der Waals surface area contributed by atoms with Crippen LogP contribution in [0.3, 0.4) is 0 Å². The number of hydrogen-bond donors (Lipinski definition) is 0. The van der Waals surface area contributed by atoms with Crippen LogP contribution >= 0.6 is 11.5 Å². The molecule has 0 N–H and O–H groups in total. The van der Waals surface area contributed by atoms with Crippen LogP contribution in [0.5, 0.6) is 0 Å². The fourth-order valence-corrected chi connectivity index (χ4v) is 2.03. The molecule has 1 aromatic carbocycles. The highest BCUT2D eigenvalue weighted by Gasteiger charge is 2.06. The molecule has 2 nitrogen and oxygen atoms in total. The summed E-state index contributed by atoms with van der Waals surface area (Å²) in [6.45, 7) is 0. The predicted molar refractivity (Wildman–Crippen MR) is 57.3 cm³/mol. The lowest BCUT2D eigenvalue weighted by Gasteiger charge is -1.93. The lowest BCUT2D eigenvalue weighted by atomic mass is 10.2. The molecular formula is C11H7NOS. The summed E-state index contributed by atoms with van der Waals surface area (Å²) in [5.41, 5.74) is 1.11. The summed E-state index contributed by atoms with van der Waals surface area (Å²) in [7, 11) is 0. The van der Waals surface area contributed by atoms with Gasteiger partial charge in [0.1, 0.15) is 5.76 Å². The van der Waals surface area contributed by atoms with E-state index in [1.54, 1.807) is 0 Å². The molecule has 0 fully saturated rings. The quantitative estimate of drug-likeness (QED) is 0.601. The lowest BCUT2D eigenvalue weighted by molar-refractivity contribution is 0.639. The maximum atomic E-state index is 5.65. The van der Waals surface area contributed by atoms with Crippen molar-refractivity contribution in [3.63, 3.8) is 0 Å². The van der Waals surface area contributed by atoms with Crippen molar-refractivity contribution in [1.29, 1.82) is 0 Å². The molecule has 0 atom stereocenters. The molecule has 14 heavy (non-hydrogen) atoms. The van der Waals surface area contributed by atoms with E-state index in [1.165, 1.54) is 11.5 Å². The lowest BCUT2D eigenvalue weighted by Crippen LogP contribution is -1.69. The smallest absolute Gasteiger partial charge is 0.207 e. The van der Waals surface area contributed by atoms with E-state index < -0.39 is 0 Å². The van der Waals surface area contributed by atoms with Crippen molar-refractivity contribution in [3.05, 3.63) is 42.6 Å². The van der Waals surface area contributed by atoms with Crippen molar-refractivity contribution in [3.8, 4) is 11.3 Å². The zero-order chi connectivity index (χ0) is 9.38.